The van der Waals surface area contributed by atoms with Gasteiger partial charge >= 0.3 is 7.48 Å². The molecule has 0 unspecified atom stereocenters. The first-order valence-electron chi connectivity index (χ1n) is 1.80. The highest BCUT2D eigenvalue weighted by atomic mass is 16.6. The zero-order chi connectivity index (χ0) is 4.41. The monoisotopic (exact) mass is 85.0 g/mol. The Hall–Kier alpha value is -0.505. The minimum absolute atomic E-state index is 0.0185. The highest BCUT2D eigenvalue weighted by Gasteiger charge is 2.09. The van der Waals surface area contributed by atoms with Crippen molar-refractivity contribution in [2.75, 3.05) is 0 Å². The number of carbonyl (C=O) groups excluding carboxylic acids is 1. The molecule has 1 aliphatic heterocycles. The molecule has 1 aliphatic rings. The van der Waals surface area contributed by atoms with Crippen LogP contribution < -0.4 is 5.48 Å². The largest absolute Gasteiger partial charge is 0.342 e. The van der Waals surface area contributed by atoms with Crippen molar-refractivity contribution in [3.05, 3.63) is 0 Å². The molecule has 3 nitrogen and oxygen atoms in total. The predicted molar refractivity (Wildman–Crippen MR) is 21.2 cm³/mol. The number of nitrogens with one attached hydrogen (secondary N) is 1. The van der Waals surface area contributed by atoms with E-state index in [4.69, 9.17) is 0 Å². The van der Waals surface area contributed by atoms with Crippen molar-refractivity contribution in [3.63, 3.8) is 0 Å². The number of amides is 1. The first-order chi connectivity index (χ1) is 2.89. The molecule has 4 heteroatoms. The second-order valence-electron chi connectivity index (χ2n) is 1.12. The summed E-state index contributed by atoms with van der Waals surface area (Å²) in [5.74, 6) is -0.0185. The van der Waals surface area contributed by atoms with E-state index < -0.39 is 0 Å². The van der Waals surface area contributed by atoms with E-state index in [0.29, 0.717) is 13.8 Å². The molecule has 6 heavy (non-hydrogen) atoms. The molecule has 0 spiro atoms. The fourth-order valence-electron chi connectivity index (χ4n) is 0.326. The van der Waals surface area contributed by atoms with Gasteiger partial charge in [-0.1, -0.05) is 0 Å². The lowest BCUT2D eigenvalue weighted by Crippen LogP contribution is -2.10. The van der Waals surface area contributed by atoms with Crippen LogP contribution in [0.3, 0.4) is 0 Å². The average molecular weight is 84.9 g/mol. The van der Waals surface area contributed by atoms with Gasteiger partial charge in [0.1, 0.15) is 0 Å². The number of hydrogen-bond donors (Lipinski definition) is 1. The van der Waals surface area contributed by atoms with Crippen LogP contribution in [0.25, 0.3) is 0 Å². The van der Waals surface area contributed by atoms with Gasteiger partial charge in [-0.3, -0.25) is 10.3 Å². The quantitative estimate of drug-likeness (QED) is 0.376. The Balaban J connectivity index is 2.37. The number of carbonyl (C=O) groups is 1. The van der Waals surface area contributed by atoms with Crippen molar-refractivity contribution in [1.29, 1.82) is 0 Å². The van der Waals surface area contributed by atoms with Gasteiger partial charge in [0.2, 0.25) is 5.91 Å². The summed E-state index contributed by atoms with van der Waals surface area (Å²) in [7, 11) is 0.527. The zero-order valence-electron chi connectivity index (χ0n) is 3.23. The third-order valence-electron chi connectivity index (χ3n) is 0.617. The predicted octanol–water partition coefficient (Wildman–Crippen LogP) is -1.18. The van der Waals surface area contributed by atoms with E-state index in [9.17, 15) is 4.79 Å². The van der Waals surface area contributed by atoms with Gasteiger partial charge in [-0.2, -0.15) is 0 Å². The van der Waals surface area contributed by atoms with Gasteiger partial charge < -0.3 is 4.76 Å². The third kappa shape index (κ3) is 0.516. The van der Waals surface area contributed by atoms with E-state index >= 15 is 0 Å². The van der Waals surface area contributed by atoms with Crippen LogP contribution in [0.2, 0.25) is 6.32 Å². The summed E-state index contributed by atoms with van der Waals surface area (Å²) in [6.45, 7) is 0. The van der Waals surface area contributed by atoms with Crippen molar-refractivity contribution in [1.82, 2.24) is 5.48 Å². The molecular weight excluding hydrogens is 80.8 g/mol. The van der Waals surface area contributed by atoms with Gasteiger partial charge in [0, 0.05) is 6.32 Å². The molecule has 0 aliphatic carbocycles. The Morgan fingerprint density at radius 2 is 2.83 bits per heavy atom. The Bertz CT molecular complexity index is 65.9. The summed E-state index contributed by atoms with van der Waals surface area (Å²) in [6.07, 6.45) is 0.514. The molecule has 1 fully saturated rings. The molecule has 1 heterocycles. The van der Waals surface area contributed by atoms with Crippen LogP contribution in [0.1, 0.15) is 0 Å². The molecule has 0 saturated carbocycles. The topological polar surface area (TPSA) is 38.3 Å². The maximum absolute atomic E-state index is 10.0. The summed E-state index contributed by atoms with van der Waals surface area (Å²) in [4.78, 5) is 10.0. The highest BCUT2D eigenvalue weighted by molar-refractivity contribution is 6.36. The van der Waals surface area contributed by atoms with Gasteiger partial charge in [-0.25, -0.2) is 0 Å². The lowest BCUT2D eigenvalue weighted by molar-refractivity contribution is -0.122. The first-order valence-corrected chi connectivity index (χ1v) is 1.80. The Morgan fingerprint density at radius 3 is 3.00 bits per heavy atom. The summed E-state index contributed by atoms with van der Waals surface area (Å²) < 4.78 is 4.46. The van der Waals surface area contributed by atoms with E-state index in [-0.39, 0.29) is 5.91 Å². The van der Waals surface area contributed by atoms with E-state index in [1.807, 2.05) is 0 Å². The number of rotatable bonds is 0. The Labute approximate surface area is 35.9 Å². The van der Waals surface area contributed by atoms with E-state index in [1.54, 1.807) is 0 Å². The van der Waals surface area contributed by atoms with E-state index in [1.165, 1.54) is 0 Å². The van der Waals surface area contributed by atoms with Crippen molar-refractivity contribution >= 4 is 13.4 Å². The molecule has 1 amide bonds. The normalized spacial score (nSPS) is 19.7. The van der Waals surface area contributed by atoms with Gasteiger partial charge in [0.05, 0.1) is 0 Å². The molecule has 0 aromatic carbocycles. The van der Waals surface area contributed by atoms with Gasteiger partial charge in [-0.05, 0) is 0 Å². The second-order valence-corrected chi connectivity index (χ2v) is 1.12. The smallest absolute Gasteiger partial charge is 0.322 e. The number of hydrogen-bond acceptors (Lipinski definition) is 2. The molecule has 0 aromatic rings. The minimum atomic E-state index is -0.0185. The average Bonchev–Trinajstić information content (AvgIpc) is 1.86. The third-order valence-corrected chi connectivity index (χ3v) is 0.617. The zero-order valence-corrected chi connectivity index (χ0v) is 3.23. The van der Waals surface area contributed by atoms with Crippen molar-refractivity contribution in [3.8, 4) is 0 Å². The molecule has 0 bridgehead atoms. The molecule has 0 radical (unpaired) electrons. The van der Waals surface area contributed by atoms with Crippen LogP contribution in [-0.4, -0.2) is 13.4 Å². The standard InChI is InChI=1S/C2H4BNO2/c5-2-1-3-6-4-2/h3H,1H2,(H,4,5). The van der Waals surface area contributed by atoms with Crippen LogP contribution in [0.5, 0.6) is 0 Å². The maximum atomic E-state index is 10.0. The van der Waals surface area contributed by atoms with Gasteiger partial charge in [0.15, 0.2) is 0 Å². The van der Waals surface area contributed by atoms with Crippen LogP contribution in [0.15, 0.2) is 0 Å². The fraction of sp³-hybridized carbons (Fsp3) is 0.500. The van der Waals surface area contributed by atoms with Crippen molar-refractivity contribution in [2.24, 2.45) is 0 Å². The minimum Gasteiger partial charge on any atom is -0.342 e. The molecule has 0 aromatic heterocycles. The van der Waals surface area contributed by atoms with Crippen molar-refractivity contribution < 1.29 is 9.55 Å². The summed E-state index contributed by atoms with van der Waals surface area (Å²) in [6, 6.07) is 0. The van der Waals surface area contributed by atoms with Crippen LogP contribution in [-0.2, 0) is 9.55 Å². The van der Waals surface area contributed by atoms with E-state index in [2.05, 4.69) is 10.2 Å². The van der Waals surface area contributed by atoms with Crippen LogP contribution in [0, 0.1) is 0 Å². The first kappa shape index (κ1) is 3.68. The van der Waals surface area contributed by atoms with Crippen LogP contribution >= 0.6 is 0 Å². The highest BCUT2D eigenvalue weighted by Crippen LogP contribution is 1.85. The molecule has 1 N–H and O–H groups in total. The summed E-state index contributed by atoms with van der Waals surface area (Å²) in [5, 5.41) is 0. The SMILES string of the molecule is O=C1CBON1. The maximum Gasteiger partial charge on any atom is 0.322 e. The van der Waals surface area contributed by atoms with Crippen molar-refractivity contribution in [2.45, 2.75) is 6.32 Å². The molecular formula is C2H4BNO2. The molecule has 0 atom stereocenters. The fourth-order valence-corrected chi connectivity index (χ4v) is 0.326. The lowest BCUT2D eigenvalue weighted by atomic mass is 9.98. The van der Waals surface area contributed by atoms with E-state index in [0.717, 1.165) is 0 Å². The van der Waals surface area contributed by atoms with Crippen LogP contribution in [0.4, 0.5) is 0 Å². The Kier molecular flexibility index (Phi) is 0.798. The molecule has 1 rings (SSSR count). The molecule has 1 saturated heterocycles. The van der Waals surface area contributed by atoms with Gasteiger partial charge in [-0.15, -0.1) is 0 Å². The summed E-state index contributed by atoms with van der Waals surface area (Å²) in [5.41, 5.74) is 2.18. The number of hydroxylamine groups is 1. The molecule has 32 valence electrons. The summed E-state index contributed by atoms with van der Waals surface area (Å²) >= 11 is 0. The van der Waals surface area contributed by atoms with Gasteiger partial charge in [0.25, 0.3) is 0 Å². The second kappa shape index (κ2) is 1.30. The Morgan fingerprint density at radius 1 is 2.00 bits per heavy atom. The lowest BCUT2D eigenvalue weighted by Gasteiger charge is -1.83.